The number of carbonyl (C=O) groups excluding carboxylic acids is 2. The average molecular weight is 380 g/mol. The van der Waals surface area contributed by atoms with Crippen molar-refractivity contribution in [2.24, 2.45) is 17.8 Å². The standard InChI is InChI=1S/C23H29N3O2/c27-21(23(8-9-23)20-4-2-1-3-5-20)26(13-12-25-11-10-24-22(25)28)16-19-15-17-6-7-18(19)14-17/h1-7,17-19H,8-16H2,(H,24,28)/t17-,18+,19+/m1/s1. The molecule has 1 aliphatic heterocycles. The molecule has 0 spiro atoms. The third-order valence-corrected chi connectivity index (χ3v) is 7.23. The quantitative estimate of drug-likeness (QED) is 0.741. The van der Waals surface area contributed by atoms with E-state index >= 15 is 0 Å². The zero-order chi connectivity index (χ0) is 19.1. The summed E-state index contributed by atoms with van der Waals surface area (Å²) in [6, 6.07) is 10.3. The molecule has 3 atom stereocenters. The number of nitrogens with zero attached hydrogens (tertiary/aromatic N) is 2. The zero-order valence-electron chi connectivity index (χ0n) is 16.3. The fourth-order valence-electron chi connectivity index (χ4n) is 5.44. The van der Waals surface area contributed by atoms with Gasteiger partial charge in [-0.05, 0) is 49.0 Å². The van der Waals surface area contributed by atoms with E-state index < -0.39 is 0 Å². The van der Waals surface area contributed by atoms with Crippen molar-refractivity contribution in [1.29, 1.82) is 0 Å². The molecule has 1 aromatic rings. The Labute approximate surface area is 166 Å². The lowest BCUT2D eigenvalue weighted by Gasteiger charge is -2.33. The van der Waals surface area contributed by atoms with Gasteiger partial charge in [0.1, 0.15) is 0 Å². The SMILES string of the molecule is O=C1NCCN1CCN(C[C@@H]1C[C@@H]2C=C[C@H]1C2)C(=O)C1(c2ccccc2)CC1. The van der Waals surface area contributed by atoms with Crippen LogP contribution in [0.4, 0.5) is 4.79 Å². The topological polar surface area (TPSA) is 52.7 Å². The van der Waals surface area contributed by atoms with Crippen molar-refractivity contribution < 1.29 is 9.59 Å². The maximum absolute atomic E-state index is 13.7. The first-order valence-electron chi connectivity index (χ1n) is 10.7. The number of benzene rings is 1. The summed E-state index contributed by atoms with van der Waals surface area (Å²) in [4.78, 5) is 29.6. The Kier molecular flexibility index (Phi) is 4.41. The molecule has 3 fully saturated rings. The molecule has 2 saturated carbocycles. The summed E-state index contributed by atoms with van der Waals surface area (Å²) < 4.78 is 0. The van der Waals surface area contributed by atoms with Crippen molar-refractivity contribution in [3.8, 4) is 0 Å². The molecule has 1 aromatic carbocycles. The van der Waals surface area contributed by atoms with Gasteiger partial charge in [0.15, 0.2) is 0 Å². The van der Waals surface area contributed by atoms with Gasteiger partial charge in [-0.2, -0.15) is 0 Å². The van der Waals surface area contributed by atoms with Crippen LogP contribution < -0.4 is 5.32 Å². The van der Waals surface area contributed by atoms with Crippen LogP contribution in [-0.2, 0) is 10.2 Å². The number of amides is 3. The zero-order valence-corrected chi connectivity index (χ0v) is 16.3. The van der Waals surface area contributed by atoms with Gasteiger partial charge in [0.05, 0.1) is 5.41 Å². The van der Waals surface area contributed by atoms with Crippen molar-refractivity contribution in [3.05, 3.63) is 48.0 Å². The molecule has 5 heteroatoms. The van der Waals surface area contributed by atoms with Gasteiger partial charge in [0, 0.05) is 32.7 Å². The minimum absolute atomic E-state index is 0.000509. The molecule has 2 bridgehead atoms. The van der Waals surface area contributed by atoms with Crippen molar-refractivity contribution in [2.75, 3.05) is 32.7 Å². The third kappa shape index (κ3) is 3.11. The Balaban J connectivity index is 1.33. The van der Waals surface area contributed by atoms with Crippen LogP contribution in [0.5, 0.6) is 0 Å². The van der Waals surface area contributed by atoms with E-state index in [-0.39, 0.29) is 17.4 Å². The number of carbonyl (C=O) groups is 2. The lowest BCUT2D eigenvalue weighted by Crippen LogP contribution is -2.46. The van der Waals surface area contributed by atoms with E-state index in [9.17, 15) is 9.59 Å². The molecule has 5 nitrogen and oxygen atoms in total. The molecule has 0 radical (unpaired) electrons. The van der Waals surface area contributed by atoms with E-state index in [0.29, 0.717) is 37.4 Å². The highest BCUT2D eigenvalue weighted by atomic mass is 16.2. The molecule has 5 rings (SSSR count). The second kappa shape index (κ2) is 6.94. The Bertz CT molecular complexity index is 786. The molecule has 3 aliphatic carbocycles. The molecular weight excluding hydrogens is 350 g/mol. The van der Waals surface area contributed by atoms with Gasteiger partial charge in [-0.3, -0.25) is 4.79 Å². The van der Waals surface area contributed by atoms with E-state index in [2.05, 4.69) is 34.5 Å². The van der Waals surface area contributed by atoms with Crippen LogP contribution in [0.2, 0.25) is 0 Å². The summed E-state index contributed by atoms with van der Waals surface area (Å²) in [5.74, 6) is 2.17. The predicted octanol–water partition coefficient (Wildman–Crippen LogP) is 2.78. The highest BCUT2D eigenvalue weighted by Crippen LogP contribution is 2.50. The normalized spacial score (nSPS) is 29.2. The third-order valence-electron chi connectivity index (χ3n) is 7.23. The van der Waals surface area contributed by atoms with Gasteiger partial charge in [0.2, 0.25) is 5.91 Å². The average Bonchev–Trinajstić information content (AvgIpc) is 3.02. The smallest absolute Gasteiger partial charge is 0.317 e. The van der Waals surface area contributed by atoms with Gasteiger partial charge in [-0.1, -0.05) is 42.5 Å². The highest BCUT2D eigenvalue weighted by Gasteiger charge is 2.53. The van der Waals surface area contributed by atoms with Crippen molar-refractivity contribution in [3.63, 3.8) is 0 Å². The van der Waals surface area contributed by atoms with Crippen LogP contribution in [0, 0.1) is 17.8 Å². The molecule has 28 heavy (non-hydrogen) atoms. The highest BCUT2D eigenvalue weighted by molar-refractivity contribution is 5.91. The van der Waals surface area contributed by atoms with Crippen LogP contribution in [0.1, 0.15) is 31.2 Å². The van der Waals surface area contributed by atoms with Gasteiger partial charge >= 0.3 is 6.03 Å². The Morgan fingerprint density at radius 3 is 2.61 bits per heavy atom. The molecule has 3 amide bonds. The first-order chi connectivity index (χ1) is 13.7. The lowest BCUT2D eigenvalue weighted by molar-refractivity contribution is -0.135. The van der Waals surface area contributed by atoms with Gasteiger partial charge in [-0.15, -0.1) is 0 Å². The summed E-state index contributed by atoms with van der Waals surface area (Å²) >= 11 is 0. The van der Waals surface area contributed by atoms with E-state index in [4.69, 9.17) is 0 Å². The molecule has 1 heterocycles. The Morgan fingerprint density at radius 2 is 2.00 bits per heavy atom. The molecule has 148 valence electrons. The second-order valence-corrected chi connectivity index (χ2v) is 8.96. The van der Waals surface area contributed by atoms with Crippen molar-refractivity contribution in [2.45, 2.75) is 31.1 Å². The Morgan fingerprint density at radius 1 is 1.18 bits per heavy atom. The summed E-state index contributed by atoms with van der Waals surface area (Å²) in [5, 5.41) is 2.86. The maximum Gasteiger partial charge on any atom is 0.317 e. The molecular formula is C23H29N3O2. The summed E-state index contributed by atoms with van der Waals surface area (Å²) in [7, 11) is 0. The molecule has 1 N–H and O–H groups in total. The van der Waals surface area contributed by atoms with E-state index in [0.717, 1.165) is 31.5 Å². The number of allylic oxidation sites excluding steroid dienone is 2. The summed E-state index contributed by atoms with van der Waals surface area (Å²) in [6.07, 6.45) is 9.05. The Hall–Kier alpha value is -2.30. The second-order valence-electron chi connectivity index (χ2n) is 8.96. The largest absolute Gasteiger partial charge is 0.340 e. The van der Waals surface area contributed by atoms with Crippen LogP contribution in [-0.4, -0.2) is 54.5 Å². The van der Waals surface area contributed by atoms with E-state index in [1.807, 2.05) is 23.1 Å². The molecule has 0 unspecified atom stereocenters. The molecule has 0 aromatic heterocycles. The monoisotopic (exact) mass is 379 g/mol. The molecule has 1 saturated heterocycles. The lowest BCUT2D eigenvalue weighted by atomic mass is 9.90. The number of urea groups is 1. The van der Waals surface area contributed by atoms with Gasteiger partial charge in [0.25, 0.3) is 0 Å². The number of fused-ring (bicyclic) bond motifs is 2. The van der Waals surface area contributed by atoms with Crippen molar-refractivity contribution >= 4 is 11.9 Å². The minimum atomic E-state index is -0.331. The maximum atomic E-state index is 13.7. The number of hydrogen-bond donors (Lipinski definition) is 1. The van der Waals surface area contributed by atoms with Crippen LogP contribution >= 0.6 is 0 Å². The van der Waals surface area contributed by atoms with Crippen LogP contribution in [0.25, 0.3) is 0 Å². The van der Waals surface area contributed by atoms with Gasteiger partial charge < -0.3 is 15.1 Å². The fourth-order valence-corrected chi connectivity index (χ4v) is 5.44. The number of nitrogens with one attached hydrogen (secondary N) is 1. The first-order valence-corrected chi connectivity index (χ1v) is 10.7. The molecule has 4 aliphatic rings. The van der Waals surface area contributed by atoms with Gasteiger partial charge in [-0.25, -0.2) is 4.79 Å². The minimum Gasteiger partial charge on any atom is -0.340 e. The van der Waals surface area contributed by atoms with Crippen molar-refractivity contribution in [1.82, 2.24) is 15.1 Å². The van der Waals surface area contributed by atoms with Crippen LogP contribution in [0.3, 0.4) is 0 Å². The summed E-state index contributed by atoms with van der Waals surface area (Å²) in [5.41, 5.74) is 0.818. The van der Waals surface area contributed by atoms with E-state index in [1.54, 1.807) is 0 Å². The van der Waals surface area contributed by atoms with Crippen LogP contribution in [0.15, 0.2) is 42.5 Å². The summed E-state index contributed by atoms with van der Waals surface area (Å²) in [6.45, 7) is 3.53. The predicted molar refractivity (Wildman–Crippen MR) is 108 cm³/mol. The van der Waals surface area contributed by atoms with E-state index in [1.165, 1.54) is 12.8 Å². The number of rotatable bonds is 7. The number of hydrogen-bond acceptors (Lipinski definition) is 2. The fraction of sp³-hybridized carbons (Fsp3) is 0.565. The first kappa shape index (κ1) is 17.8.